The standard InChI is InChI=1S/C13H20N2O3/c1-2-8-14(10-6-7-10)13(18)15-9-4-3-5-11(15)12(16)17/h2,10-11H,1,3-9H2,(H,16,17). The zero-order chi connectivity index (χ0) is 13.1. The third kappa shape index (κ3) is 2.66. The van der Waals surface area contributed by atoms with Crippen LogP contribution in [0.4, 0.5) is 4.79 Å². The normalized spacial score (nSPS) is 23.6. The lowest BCUT2D eigenvalue weighted by atomic mass is 10.0. The summed E-state index contributed by atoms with van der Waals surface area (Å²) in [5, 5.41) is 9.19. The summed E-state index contributed by atoms with van der Waals surface area (Å²) in [5.74, 6) is -0.891. The average molecular weight is 252 g/mol. The summed E-state index contributed by atoms with van der Waals surface area (Å²) in [7, 11) is 0. The Hall–Kier alpha value is -1.52. The van der Waals surface area contributed by atoms with E-state index in [0.717, 1.165) is 25.7 Å². The minimum absolute atomic E-state index is 0.135. The van der Waals surface area contributed by atoms with Crippen molar-refractivity contribution in [2.24, 2.45) is 0 Å². The van der Waals surface area contributed by atoms with Gasteiger partial charge in [-0.2, -0.15) is 0 Å². The van der Waals surface area contributed by atoms with E-state index in [-0.39, 0.29) is 12.1 Å². The monoisotopic (exact) mass is 252 g/mol. The predicted octanol–water partition coefficient (Wildman–Crippen LogP) is 1.70. The highest BCUT2D eigenvalue weighted by Crippen LogP contribution is 2.29. The van der Waals surface area contributed by atoms with Crippen LogP contribution in [0.1, 0.15) is 32.1 Å². The molecule has 1 aliphatic carbocycles. The molecule has 18 heavy (non-hydrogen) atoms. The lowest BCUT2D eigenvalue weighted by Crippen LogP contribution is -2.53. The number of carboxylic acids is 1. The van der Waals surface area contributed by atoms with Gasteiger partial charge in [0.2, 0.25) is 0 Å². The fourth-order valence-electron chi connectivity index (χ4n) is 2.49. The summed E-state index contributed by atoms with van der Waals surface area (Å²) in [6.45, 7) is 4.72. The Morgan fingerprint density at radius 3 is 2.61 bits per heavy atom. The molecule has 0 aromatic carbocycles. The van der Waals surface area contributed by atoms with E-state index in [9.17, 15) is 14.7 Å². The second-order valence-corrected chi connectivity index (χ2v) is 5.00. The molecule has 1 atom stereocenters. The summed E-state index contributed by atoms with van der Waals surface area (Å²) in [4.78, 5) is 26.9. The molecule has 1 N–H and O–H groups in total. The van der Waals surface area contributed by atoms with Gasteiger partial charge in [0.1, 0.15) is 6.04 Å². The summed E-state index contributed by atoms with van der Waals surface area (Å²) >= 11 is 0. The van der Waals surface area contributed by atoms with Crippen molar-refractivity contribution in [1.82, 2.24) is 9.80 Å². The number of carboxylic acid groups (broad SMARTS) is 1. The Morgan fingerprint density at radius 1 is 1.33 bits per heavy atom. The molecule has 1 unspecified atom stereocenters. The summed E-state index contributed by atoms with van der Waals surface area (Å²) in [6, 6.07) is -0.506. The smallest absolute Gasteiger partial charge is 0.326 e. The van der Waals surface area contributed by atoms with Gasteiger partial charge >= 0.3 is 12.0 Å². The molecule has 0 spiro atoms. The van der Waals surface area contributed by atoms with Crippen LogP contribution in [-0.4, -0.2) is 52.1 Å². The van der Waals surface area contributed by atoms with Crippen LogP contribution < -0.4 is 0 Å². The van der Waals surface area contributed by atoms with Crippen LogP contribution in [0.5, 0.6) is 0 Å². The molecule has 0 aromatic heterocycles. The Balaban J connectivity index is 2.08. The fraction of sp³-hybridized carbons (Fsp3) is 0.692. The van der Waals surface area contributed by atoms with Gasteiger partial charge in [0.15, 0.2) is 0 Å². The number of aliphatic carboxylic acids is 1. The van der Waals surface area contributed by atoms with Crippen molar-refractivity contribution >= 4 is 12.0 Å². The second kappa shape index (κ2) is 5.42. The third-order valence-corrected chi connectivity index (χ3v) is 3.59. The van der Waals surface area contributed by atoms with Gasteiger partial charge in [-0.15, -0.1) is 6.58 Å². The Bertz CT molecular complexity index is 352. The molecule has 0 bridgehead atoms. The number of nitrogens with zero attached hydrogens (tertiary/aromatic N) is 2. The van der Waals surface area contributed by atoms with Crippen molar-refractivity contribution in [3.8, 4) is 0 Å². The van der Waals surface area contributed by atoms with E-state index in [1.54, 1.807) is 11.0 Å². The average Bonchev–Trinajstić information content (AvgIpc) is 3.19. The second-order valence-electron chi connectivity index (χ2n) is 5.00. The number of carbonyl (C=O) groups excluding carboxylic acids is 1. The van der Waals surface area contributed by atoms with Crippen molar-refractivity contribution in [2.75, 3.05) is 13.1 Å². The van der Waals surface area contributed by atoms with Crippen LogP contribution >= 0.6 is 0 Å². The van der Waals surface area contributed by atoms with Crippen molar-refractivity contribution in [3.05, 3.63) is 12.7 Å². The van der Waals surface area contributed by atoms with Crippen molar-refractivity contribution < 1.29 is 14.7 Å². The van der Waals surface area contributed by atoms with Gasteiger partial charge in [-0.25, -0.2) is 9.59 Å². The first-order valence-corrected chi connectivity index (χ1v) is 6.56. The van der Waals surface area contributed by atoms with Gasteiger partial charge < -0.3 is 14.9 Å². The van der Waals surface area contributed by atoms with E-state index >= 15 is 0 Å². The minimum atomic E-state index is -0.891. The number of piperidine rings is 1. The maximum Gasteiger partial charge on any atom is 0.326 e. The van der Waals surface area contributed by atoms with E-state index in [0.29, 0.717) is 19.5 Å². The number of hydrogen-bond acceptors (Lipinski definition) is 2. The summed E-state index contributed by atoms with van der Waals surface area (Å²) in [6.07, 6.45) is 6.08. The van der Waals surface area contributed by atoms with Gasteiger partial charge in [0.25, 0.3) is 0 Å². The largest absolute Gasteiger partial charge is 0.480 e. The zero-order valence-corrected chi connectivity index (χ0v) is 10.5. The van der Waals surface area contributed by atoms with Gasteiger partial charge in [0, 0.05) is 19.1 Å². The number of carbonyl (C=O) groups is 2. The molecular weight excluding hydrogens is 232 g/mol. The van der Waals surface area contributed by atoms with Crippen molar-refractivity contribution in [2.45, 2.75) is 44.2 Å². The molecule has 1 aliphatic heterocycles. The van der Waals surface area contributed by atoms with Crippen LogP contribution in [0.3, 0.4) is 0 Å². The van der Waals surface area contributed by atoms with Gasteiger partial charge in [0.05, 0.1) is 0 Å². The fourth-order valence-corrected chi connectivity index (χ4v) is 2.49. The molecule has 5 heteroatoms. The van der Waals surface area contributed by atoms with E-state index in [1.165, 1.54) is 4.90 Å². The topological polar surface area (TPSA) is 60.9 Å². The lowest BCUT2D eigenvalue weighted by Gasteiger charge is -2.36. The molecule has 1 heterocycles. The highest BCUT2D eigenvalue weighted by atomic mass is 16.4. The zero-order valence-electron chi connectivity index (χ0n) is 10.5. The Labute approximate surface area is 107 Å². The molecule has 0 radical (unpaired) electrons. The summed E-state index contributed by atoms with van der Waals surface area (Å²) in [5.41, 5.74) is 0. The van der Waals surface area contributed by atoms with E-state index < -0.39 is 12.0 Å². The molecule has 1 saturated carbocycles. The van der Waals surface area contributed by atoms with Crippen molar-refractivity contribution in [3.63, 3.8) is 0 Å². The molecule has 5 nitrogen and oxygen atoms in total. The number of amides is 2. The molecular formula is C13H20N2O3. The SMILES string of the molecule is C=CCN(C(=O)N1CCCCC1C(=O)O)C1CC1. The van der Waals surface area contributed by atoms with Crippen LogP contribution in [-0.2, 0) is 4.79 Å². The van der Waals surface area contributed by atoms with E-state index in [1.807, 2.05) is 0 Å². The molecule has 100 valence electrons. The van der Waals surface area contributed by atoms with Crippen LogP contribution in [0.2, 0.25) is 0 Å². The molecule has 2 fully saturated rings. The van der Waals surface area contributed by atoms with Crippen molar-refractivity contribution in [1.29, 1.82) is 0 Å². The first kappa shape index (κ1) is 12.9. The van der Waals surface area contributed by atoms with E-state index in [4.69, 9.17) is 0 Å². The molecule has 2 amide bonds. The number of likely N-dealkylation sites (tertiary alicyclic amines) is 1. The number of rotatable bonds is 4. The first-order chi connectivity index (χ1) is 8.65. The highest BCUT2D eigenvalue weighted by Gasteiger charge is 2.39. The first-order valence-electron chi connectivity index (χ1n) is 6.56. The van der Waals surface area contributed by atoms with Crippen LogP contribution in [0.15, 0.2) is 12.7 Å². The molecule has 2 rings (SSSR count). The minimum Gasteiger partial charge on any atom is -0.480 e. The van der Waals surface area contributed by atoms with Gasteiger partial charge in [-0.1, -0.05) is 6.08 Å². The maximum atomic E-state index is 12.4. The van der Waals surface area contributed by atoms with Gasteiger partial charge in [-0.05, 0) is 32.1 Å². The predicted molar refractivity (Wildman–Crippen MR) is 67.3 cm³/mol. The maximum absolute atomic E-state index is 12.4. The highest BCUT2D eigenvalue weighted by molar-refractivity contribution is 5.83. The van der Waals surface area contributed by atoms with E-state index in [2.05, 4.69) is 6.58 Å². The Morgan fingerprint density at radius 2 is 2.06 bits per heavy atom. The molecule has 1 saturated heterocycles. The summed E-state index contributed by atoms with van der Waals surface area (Å²) < 4.78 is 0. The lowest BCUT2D eigenvalue weighted by molar-refractivity contribution is -0.143. The van der Waals surface area contributed by atoms with Crippen LogP contribution in [0, 0.1) is 0 Å². The molecule has 2 aliphatic rings. The Kier molecular flexibility index (Phi) is 3.89. The number of urea groups is 1. The van der Waals surface area contributed by atoms with Crippen LogP contribution in [0.25, 0.3) is 0 Å². The van der Waals surface area contributed by atoms with Gasteiger partial charge in [-0.3, -0.25) is 0 Å². The number of hydrogen-bond donors (Lipinski definition) is 1. The quantitative estimate of drug-likeness (QED) is 0.775. The molecule has 0 aromatic rings. The third-order valence-electron chi connectivity index (χ3n) is 3.59.